The number of halogens is 2. The lowest BCUT2D eigenvalue weighted by molar-refractivity contribution is -0.228. The Balaban J connectivity index is 2.03. The number of nitrogens with one attached hydrogen (secondary N) is 1. The minimum absolute atomic E-state index is 0.0892. The Labute approximate surface area is 70.3 Å². The molecule has 2 saturated heterocycles. The Bertz CT molecular complexity index is 183. The molecule has 12 heavy (non-hydrogen) atoms. The summed E-state index contributed by atoms with van der Waals surface area (Å²) in [6.07, 6.45) is -0.610. The summed E-state index contributed by atoms with van der Waals surface area (Å²) in [5, 5.41) is 2.85. The largest absolute Gasteiger partial charge is 0.370 e. The molecule has 0 aliphatic carbocycles. The van der Waals surface area contributed by atoms with Crippen molar-refractivity contribution in [3.63, 3.8) is 0 Å². The van der Waals surface area contributed by atoms with E-state index in [-0.39, 0.29) is 6.61 Å². The Morgan fingerprint density at radius 1 is 1.33 bits per heavy atom. The average Bonchev–Trinajstić information content (AvgIpc) is 1.96. The van der Waals surface area contributed by atoms with Crippen LogP contribution in [0.4, 0.5) is 8.78 Å². The van der Waals surface area contributed by atoms with Crippen LogP contribution in [0.5, 0.6) is 0 Å². The zero-order chi connectivity index (χ0) is 8.98. The summed E-state index contributed by atoms with van der Waals surface area (Å²) < 4.78 is 31.7. The van der Waals surface area contributed by atoms with Gasteiger partial charge in [-0.25, -0.2) is 8.78 Å². The van der Waals surface area contributed by atoms with Gasteiger partial charge in [0.25, 0.3) is 0 Å². The smallest absolute Gasteiger partial charge is 0.159 e. The van der Waals surface area contributed by atoms with E-state index in [0.717, 1.165) is 0 Å². The van der Waals surface area contributed by atoms with Crippen molar-refractivity contribution in [2.24, 2.45) is 0 Å². The van der Waals surface area contributed by atoms with Crippen LogP contribution in [-0.2, 0) is 4.74 Å². The summed E-state index contributed by atoms with van der Waals surface area (Å²) in [4.78, 5) is 0. The first-order valence-corrected chi connectivity index (χ1v) is 4.16. The number of hydrogen-bond donors (Lipinski definition) is 1. The number of ether oxygens (including phenoxy) is 1. The molecule has 0 aromatic rings. The van der Waals surface area contributed by atoms with Gasteiger partial charge in [-0.1, -0.05) is 0 Å². The van der Waals surface area contributed by atoms with Crippen molar-refractivity contribution in [1.29, 1.82) is 0 Å². The van der Waals surface area contributed by atoms with Crippen LogP contribution in [0.2, 0.25) is 0 Å². The van der Waals surface area contributed by atoms with Crippen molar-refractivity contribution in [3.8, 4) is 0 Å². The molecular formula is C8H13F2NO. The Morgan fingerprint density at radius 2 is 2.00 bits per heavy atom. The zero-order valence-electron chi connectivity index (χ0n) is 7.23. The maximum absolute atomic E-state index is 13.4. The second-order valence-electron chi connectivity index (χ2n) is 4.15. The van der Waals surface area contributed by atoms with E-state index in [2.05, 4.69) is 5.32 Å². The summed E-state index contributed by atoms with van der Waals surface area (Å²) in [5.41, 5.74) is -2.66. The third-order valence-corrected chi connectivity index (χ3v) is 2.76. The van der Waals surface area contributed by atoms with Crippen LogP contribution in [0.15, 0.2) is 0 Å². The first kappa shape index (κ1) is 8.38. The molecule has 4 heteroatoms. The highest BCUT2D eigenvalue weighted by atomic mass is 19.1. The second kappa shape index (κ2) is 2.17. The molecule has 0 aromatic carbocycles. The van der Waals surface area contributed by atoms with Gasteiger partial charge in [0.05, 0.1) is 12.6 Å². The van der Waals surface area contributed by atoms with E-state index < -0.39 is 23.5 Å². The monoisotopic (exact) mass is 177 g/mol. The van der Waals surface area contributed by atoms with Crippen molar-refractivity contribution in [1.82, 2.24) is 5.32 Å². The van der Waals surface area contributed by atoms with Crippen LogP contribution in [0, 0.1) is 0 Å². The van der Waals surface area contributed by atoms with Gasteiger partial charge >= 0.3 is 0 Å². The van der Waals surface area contributed by atoms with E-state index >= 15 is 0 Å². The van der Waals surface area contributed by atoms with Crippen molar-refractivity contribution < 1.29 is 13.5 Å². The standard InChI is InChI=1S/C8H13F2NO/c1-7(9)3-11-5(7)6-8(2,10)4-12-6/h5-6,11H,3-4H2,1-2H3/t5?,6?,7-,8+/m0/s1. The van der Waals surface area contributed by atoms with Crippen LogP contribution in [0.25, 0.3) is 0 Å². The van der Waals surface area contributed by atoms with Crippen LogP contribution < -0.4 is 5.32 Å². The molecule has 2 heterocycles. The first-order chi connectivity index (χ1) is 5.43. The van der Waals surface area contributed by atoms with Gasteiger partial charge in [-0.05, 0) is 13.8 Å². The highest BCUT2D eigenvalue weighted by molar-refractivity contribution is 5.12. The van der Waals surface area contributed by atoms with Crippen LogP contribution >= 0.6 is 0 Å². The third kappa shape index (κ3) is 0.977. The Morgan fingerprint density at radius 3 is 2.08 bits per heavy atom. The minimum atomic E-state index is -1.36. The molecule has 2 fully saturated rings. The summed E-state index contributed by atoms with van der Waals surface area (Å²) in [7, 11) is 0. The molecule has 2 unspecified atom stereocenters. The van der Waals surface area contributed by atoms with E-state index in [4.69, 9.17) is 4.74 Å². The molecule has 2 aliphatic heterocycles. The predicted molar refractivity (Wildman–Crippen MR) is 40.6 cm³/mol. The van der Waals surface area contributed by atoms with Gasteiger partial charge in [0.2, 0.25) is 0 Å². The number of hydrogen-bond acceptors (Lipinski definition) is 2. The molecule has 2 nitrogen and oxygen atoms in total. The van der Waals surface area contributed by atoms with Gasteiger partial charge in [-0.3, -0.25) is 0 Å². The third-order valence-electron chi connectivity index (χ3n) is 2.76. The fraction of sp³-hybridized carbons (Fsp3) is 1.00. The van der Waals surface area contributed by atoms with E-state index in [1.54, 1.807) is 0 Å². The molecule has 2 aliphatic rings. The van der Waals surface area contributed by atoms with Gasteiger partial charge < -0.3 is 10.1 Å². The molecule has 0 amide bonds. The predicted octanol–water partition coefficient (Wildman–Crippen LogP) is 0.813. The molecule has 4 atom stereocenters. The highest BCUT2D eigenvalue weighted by Crippen LogP contribution is 2.39. The highest BCUT2D eigenvalue weighted by Gasteiger charge is 2.58. The maximum atomic E-state index is 13.4. The summed E-state index contributed by atoms with van der Waals surface area (Å²) >= 11 is 0. The molecule has 70 valence electrons. The van der Waals surface area contributed by atoms with Gasteiger partial charge in [0.1, 0.15) is 11.8 Å². The van der Waals surface area contributed by atoms with Crippen molar-refractivity contribution in [3.05, 3.63) is 0 Å². The normalized spacial score (nSPS) is 59.0. The second-order valence-corrected chi connectivity index (χ2v) is 4.15. The van der Waals surface area contributed by atoms with Crippen LogP contribution in [-0.4, -0.2) is 36.6 Å². The Hall–Kier alpha value is -0.220. The topological polar surface area (TPSA) is 21.3 Å². The van der Waals surface area contributed by atoms with Crippen LogP contribution in [0.3, 0.4) is 0 Å². The first-order valence-electron chi connectivity index (χ1n) is 4.16. The number of rotatable bonds is 1. The lowest BCUT2D eigenvalue weighted by Gasteiger charge is -2.53. The van der Waals surface area contributed by atoms with Crippen molar-refractivity contribution >= 4 is 0 Å². The van der Waals surface area contributed by atoms with Crippen molar-refractivity contribution in [2.45, 2.75) is 37.3 Å². The molecule has 0 bridgehead atoms. The molecule has 0 saturated carbocycles. The summed E-state index contributed by atoms with van der Waals surface area (Å²) in [6, 6.07) is -0.471. The van der Waals surface area contributed by atoms with E-state index in [1.807, 2.05) is 0 Å². The molecule has 0 spiro atoms. The average molecular weight is 177 g/mol. The summed E-state index contributed by atoms with van der Waals surface area (Å²) in [5.74, 6) is 0. The SMILES string of the molecule is C[C@]1(F)CNC1C1OC[C@@]1(C)F. The zero-order valence-corrected chi connectivity index (χ0v) is 7.23. The lowest BCUT2D eigenvalue weighted by Crippen LogP contribution is -2.76. The summed E-state index contributed by atoms with van der Waals surface area (Å²) in [6.45, 7) is 3.32. The van der Waals surface area contributed by atoms with E-state index in [1.165, 1.54) is 13.8 Å². The molecular weight excluding hydrogens is 164 g/mol. The fourth-order valence-electron chi connectivity index (χ4n) is 1.78. The molecule has 1 N–H and O–H groups in total. The fourth-order valence-corrected chi connectivity index (χ4v) is 1.78. The Kier molecular flexibility index (Phi) is 1.52. The van der Waals surface area contributed by atoms with Crippen molar-refractivity contribution in [2.75, 3.05) is 13.2 Å². The van der Waals surface area contributed by atoms with Gasteiger partial charge in [0.15, 0.2) is 5.67 Å². The minimum Gasteiger partial charge on any atom is -0.370 e. The number of alkyl halides is 2. The van der Waals surface area contributed by atoms with Crippen LogP contribution in [0.1, 0.15) is 13.8 Å². The molecule has 0 radical (unpaired) electrons. The van der Waals surface area contributed by atoms with Gasteiger partial charge in [-0.2, -0.15) is 0 Å². The molecule has 2 rings (SSSR count). The van der Waals surface area contributed by atoms with Gasteiger partial charge in [-0.15, -0.1) is 0 Å². The lowest BCUT2D eigenvalue weighted by atomic mass is 9.78. The molecule has 0 aromatic heterocycles. The maximum Gasteiger partial charge on any atom is 0.159 e. The van der Waals surface area contributed by atoms with E-state index in [9.17, 15) is 8.78 Å². The van der Waals surface area contributed by atoms with E-state index in [0.29, 0.717) is 6.54 Å². The quantitative estimate of drug-likeness (QED) is 0.640. The van der Waals surface area contributed by atoms with Gasteiger partial charge in [0, 0.05) is 6.54 Å².